The van der Waals surface area contributed by atoms with Gasteiger partial charge < -0.3 is 18.9 Å². The summed E-state index contributed by atoms with van der Waals surface area (Å²) in [5.74, 6) is -0.430. The van der Waals surface area contributed by atoms with Gasteiger partial charge in [-0.25, -0.2) is 9.50 Å². The molecule has 5 rings (SSSR count). The van der Waals surface area contributed by atoms with Crippen LogP contribution in [0.1, 0.15) is 16.8 Å². The average molecular weight is 577 g/mol. The third-order valence-electron chi connectivity index (χ3n) is 5.70. The Morgan fingerprint density at radius 1 is 1.03 bits per heavy atom. The molecule has 39 heavy (non-hydrogen) atoms. The molecule has 0 saturated heterocycles. The van der Waals surface area contributed by atoms with E-state index >= 15 is 0 Å². The third-order valence-corrected chi connectivity index (χ3v) is 6.37. The van der Waals surface area contributed by atoms with Gasteiger partial charge in [-0.15, -0.1) is 0 Å². The number of H-pyrrole nitrogens is 1. The molecule has 2 aromatic heterocycles. The molecule has 9 nitrogen and oxygen atoms in total. The second kappa shape index (κ2) is 13.0. The maximum atomic E-state index is 13.6. The number of fused-ring (bicyclic) bond motifs is 1. The number of phosphoric acid groups is 1. The molecule has 0 amide bonds. The fourth-order valence-electron chi connectivity index (χ4n) is 4.10. The van der Waals surface area contributed by atoms with Crippen LogP contribution in [0.25, 0.3) is 27.9 Å². The molecule has 0 aliphatic carbocycles. The summed E-state index contributed by atoms with van der Waals surface area (Å²) >= 11 is 6.08. The van der Waals surface area contributed by atoms with Gasteiger partial charge in [-0.1, -0.05) is 54.1 Å². The molecule has 0 fully saturated rings. The standard InChI is InChI=1S/C26H18ClN4O5P.2Na/c27-19-9-7-18(8-10-19)24-22(12-16-4-2-1-3-5-16)30-31-25(24)29-15-21(26(31)32)20-11-6-17(14-28)13-23(20)36-37(33,34)35;;/h1-11,13,15,30H,12H2,(H2,33,34,35);;/q;2*+1/p-2. The van der Waals surface area contributed by atoms with Crippen LogP contribution in [0.5, 0.6) is 5.75 Å². The van der Waals surface area contributed by atoms with Gasteiger partial charge in [0.25, 0.3) is 5.56 Å². The van der Waals surface area contributed by atoms with Gasteiger partial charge in [0.2, 0.25) is 0 Å². The molecule has 0 saturated carbocycles. The number of phosphoric ester groups is 1. The molecule has 0 unspecified atom stereocenters. The first kappa shape index (κ1) is 31.3. The molecule has 2 heterocycles. The van der Waals surface area contributed by atoms with E-state index in [1.165, 1.54) is 22.8 Å². The molecule has 0 aliphatic heterocycles. The van der Waals surface area contributed by atoms with Crippen molar-refractivity contribution < 1.29 is 78.0 Å². The number of nitrogens with zero attached hydrogens (tertiary/aromatic N) is 3. The summed E-state index contributed by atoms with van der Waals surface area (Å²) in [4.78, 5) is 40.8. The Balaban J connectivity index is 0.00000210. The van der Waals surface area contributed by atoms with E-state index in [4.69, 9.17) is 11.6 Å². The molecule has 13 heteroatoms. The minimum absolute atomic E-state index is 0. The molecule has 0 atom stereocenters. The van der Waals surface area contributed by atoms with Gasteiger partial charge in [-0.3, -0.25) is 9.89 Å². The Morgan fingerprint density at radius 3 is 2.36 bits per heavy atom. The van der Waals surface area contributed by atoms with Crippen LogP contribution in [-0.2, 0) is 11.0 Å². The van der Waals surface area contributed by atoms with Gasteiger partial charge in [0.05, 0.1) is 17.2 Å². The molecule has 0 aliphatic rings. The molecular weight excluding hydrogens is 561 g/mol. The van der Waals surface area contributed by atoms with Crippen molar-refractivity contribution in [1.29, 1.82) is 5.26 Å². The predicted molar refractivity (Wildman–Crippen MR) is 134 cm³/mol. The van der Waals surface area contributed by atoms with E-state index in [-0.39, 0.29) is 75.8 Å². The summed E-state index contributed by atoms with van der Waals surface area (Å²) in [6.07, 6.45) is 1.75. The Bertz CT molecular complexity index is 1780. The number of hydrogen-bond donors (Lipinski definition) is 1. The predicted octanol–water partition coefficient (Wildman–Crippen LogP) is -2.31. The minimum Gasteiger partial charge on any atom is -0.780 e. The quantitative estimate of drug-likeness (QED) is 0.176. The first-order valence-electron chi connectivity index (χ1n) is 10.9. The second-order valence-electron chi connectivity index (χ2n) is 8.13. The van der Waals surface area contributed by atoms with Crippen molar-refractivity contribution in [2.24, 2.45) is 0 Å². The fourth-order valence-corrected chi connectivity index (χ4v) is 4.62. The number of rotatable bonds is 6. The Labute approximate surface area is 272 Å². The van der Waals surface area contributed by atoms with Crippen molar-refractivity contribution >= 4 is 25.1 Å². The number of halogens is 1. The zero-order valence-electron chi connectivity index (χ0n) is 20.9. The summed E-state index contributed by atoms with van der Waals surface area (Å²) in [6.45, 7) is 0. The minimum atomic E-state index is -5.47. The number of nitriles is 1. The summed E-state index contributed by atoms with van der Waals surface area (Å²) in [5, 5.41) is 12.9. The summed E-state index contributed by atoms with van der Waals surface area (Å²) in [7, 11) is -5.47. The molecule has 1 N–H and O–H groups in total. The largest absolute Gasteiger partial charge is 1.00 e. The number of aromatic amines is 1. The second-order valence-corrected chi connectivity index (χ2v) is 9.65. The number of benzene rings is 3. The molecule has 0 bridgehead atoms. The van der Waals surface area contributed by atoms with Gasteiger partial charge >= 0.3 is 59.1 Å². The van der Waals surface area contributed by atoms with Gasteiger partial charge in [-0.2, -0.15) is 5.26 Å². The molecular formula is C26H16ClN4Na2O5P. The Hall–Kier alpha value is -2.19. The Kier molecular flexibility index (Phi) is 10.4. The average Bonchev–Trinajstić information content (AvgIpc) is 3.23. The number of aromatic nitrogens is 3. The van der Waals surface area contributed by atoms with E-state index in [1.807, 2.05) is 48.5 Å². The number of hydrogen-bond acceptors (Lipinski definition) is 7. The summed E-state index contributed by atoms with van der Waals surface area (Å²) < 4.78 is 17.2. The van der Waals surface area contributed by atoms with Crippen LogP contribution >= 0.6 is 19.4 Å². The summed E-state index contributed by atoms with van der Waals surface area (Å²) in [5.41, 5.74) is 3.02. The van der Waals surface area contributed by atoms with Crippen molar-refractivity contribution in [3.05, 3.63) is 111 Å². The van der Waals surface area contributed by atoms with Gasteiger partial charge in [0.15, 0.2) is 5.65 Å². The van der Waals surface area contributed by atoms with Crippen molar-refractivity contribution in [3.63, 3.8) is 0 Å². The maximum absolute atomic E-state index is 13.6. The van der Waals surface area contributed by atoms with E-state index in [0.717, 1.165) is 22.9 Å². The van der Waals surface area contributed by atoms with Crippen molar-refractivity contribution in [2.75, 3.05) is 0 Å². The van der Waals surface area contributed by atoms with Crippen LogP contribution in [-0.4, -0.2) is 14.6 Å². The van der Waals surface area contributed by atoms with Crippen LogP contribution < -0.4 is 79.0 Å². The van der Waals surface area contributed by atoms with E-state index in [9.17, 15) is 24.4 Å². The zero-order chi connectivity index (χ0) is 26.2. The monoisotopic (exact) mass is 576 g/mol. The molecule has 0 radical (unpaired) electrons. The van der Waals surface area contributed by atoms with Crippen LogP contribution in [0, 0.1) is 11.3 Å². The number of nitrogens with one attached hydrogen (secondary N) is 1. The SMILES string of the molecule is N#Cc1ccc(-c2cnc3c(-c4ccc(Cl)cc4)c(Cc4ccccc4)[nH]n3c2=O)c(OP(=O)([O-])[O-])c1.[Na+].[Na+]. The van der Waals surface area contributed by atoms with Gasteiger partial charge in [-0.05, 0) is 41.5 Å². The van der Waals surface area contributed by atoms with Crippen molar-refractivity contribution in [2.45, 2.75) is 6.42 Å². The van der Waals surface area contributed by atoms with Crippen LogP contribution in [0.3, 0.4) is 0 Å². The van der Waals surface area contributed by atoms with Crippen molar-refractivity contribution in [3.8, 4) is 34.1 Å². The van der Waals surface area contributed by atoms with Crippen LogP contribution in [0.4, 0.5) is 0 Å². The molecule has 184 valence electrons. The van der Waals surface area contributed by atoms with E-state index in [1.54, 1.807) is 12.1 Å². The molecule has 3 aromatic carbocycles. The molecule has 5 aromatic rings. The normalized spacial score (nSPS) is 10.8. The fraction of sp³-hybridized carbons (Fsp3) is 0.0385. The van der Waals surface area contributed by atoms with Gasteiger partial charge in [0.1, 0.15) is 13.6 Å². The topological polar surface area (TPSA) is 146 Å². The van der Waals surface area contributed by atoms with E-state index in [0.29, 0.717) is 22.7 Å². The van der Waals surface area contributed by atoms with E-state index < -0.39 is 19.1 Å². The van der Waals surface area contributed by atoms with Crippen LogP contribution in [0.15, 0.2) is 83.8 Å². The zero-order valence-corrected chi connectivity index (χ0v) is 26.6. The molecule has 0 spiro atoms. The third kappa shape index (κ3) is 6.94. The van der Waals surface area contributed by atoms with Gasteiger partial charge in [0, 0.05) is 34.5 Å². The first-order valence-corrected chi connectivity index (χ1v) is 12.8. The van der Waals surface area contributed by atoms with E-state index in [2.05, 4.69) is 14.6 Å². The first-order chi connectivity index (χ1) is 17.7. The summed E-state index contributed by atoms with van der Waals surface area (Å²) in [6, 6.07) is 22.4. The van der Waals surface area contributed by atoms with Crippen molar-refractivity contribution in [1.82, 2.24) is 14.6 Å². The van der Waals surface area contributed by atoms with Crippen LogP contribution in [0.2, 0.25) is 5.02 Å². The Morgan fingerprint density at radius 2 is 1.72 bits per heavy atom. The maximum Gasteiger partial charge on any atom is 1.00 e. The smallest absolute Gasteiger partial charge is 0.780 e.